The lowest BCUT2D eigenvalue weighted by atomic mass is 9.96. The standard InChI is InChI=1S/C13H20N2O2/c1-9-6-11(16)10(7-14-9)12(17)15(5)8-13(2,3)4/h6-7H,8H2,1-5H3,(H,14,16). The Labute approximate surface area is 102 Å². The summed E-state index contributed by atoms with van der Waals surface area (Å²) in [5.41, 5.74) is 0.737. The van der Waals surface area contributed by atoms with Crippen LogP contribution in [0.15, 0.2) is 17.1 Å². The average molecular weight is 236 g/mol. The van der Waals surface area contributed by atoms with Crippen LogP contribution in [-0.4, -0.2) is 29.4 Å². The van der Waals surface area contributed by atoms with Crippen LogP contribution in [0.2, 0.25) is 0 Å². The highest BCUT2D eigenvalue weighted by Crippen LogP contribution is 2.15. The molecule has 0 fully saturated rings. The molecule has 0 aliphatic heterocycles. The first-order valence-electron chi connectivity index (χ1n) is 5.65. The molecule has 1 rings (SSSR count). The van der Waals surface area contributed by atoms with Gasteiger partial charge in [-0.1, -0.05) is 20.8 Å². The minimum atomic E-state index is -0.235. The molecule has 4 heteroatoms. The molecule has 0 aliphatic rings. The van der Waals surface area contributed by atoms with Gasteiger partial charge in [0.1, 0.15) is 5.56 Å². The quantitative estimate of drug-likeness (QED) is 0.851. The summed E-state index contributed by atoms with van der Waals surface area (Å²) in [5.74, 6) is -0.235. The SMILES string of the molecule is Cc1cc(=O)c(C(=O)N(C)CC(C)(C)C)c[nH]1. The number of aryl methyl sites for hydroxylation is 1. The molecule has 0 unspecified atom stereocenters. The molecule has 0 aliphatic carbocycles. The van der Waals surface area contributed by atoms with E-state index in [2.05, 4.69) is 25.8 Å². The Kier molecular flexibility index (Phi) is 3.76. The Morgan fingerprint density at radius 2 is 2.00 bits per heavy atom. The van der Waals surface area contributed by atoms with Gasteiger partial charge >= 0.3 is 0 Å². The zero-order valence-electron chi connectivity index (χ0n) is 11.1. The third-order valence-electron chi connectivity index (χ3n) is 2.35. The number of carbonyl (C=O) groups excluding carboxylic acids is 1. The summed E-state index contributed by atoms with van der Waals surface area (Å²) in [5, 5.41) is 0. The minimum absolute atomic E-state index is 0.0157. The van der Waals surface area contributed by atoms with Crippen LogP contribution < -0.4 is 5.43 Å². The Bertz CT molecular complexity index is 469. The van der Waals surface area contributed by atoms with Crippen molar-refractivity contribution < 1.29 is 4.79 Å². The fourth-order valence-corrected chi connectivity index (χ4v) is 1.73. The molecule has 94 valence electrons. The van der Waals surface area contributed by atoms with E-state index in [0.717, 1.165) is 5.69 Å². The zero-order chi connectivity index (χ0) is 13.2. The summed E-state index contributed by atoms with van der Waals surface area (Å²) in [6, 6.07) is 1.44. The number of nitrogens with zero attached hydrogens (tertiary/aromatic N) is 1. The van der Waals surface area contributed by atoms with Crippen molar-refractivity contribution in [2.75, 3.05) is 13.6 Å². The Balaban J connectivity index is 2.93. The number of pyridine rings is 1. The number of nitrogens with one attached hydrogen (secondary N) is 1. The Morgan fingerprint density at radius 3 is 2.47 bits per heavy atom. The van der Waals surface area contributed by atoms with E-state index in [4.69, 9.17) is 0 Å². The fourth-order valence-electron chi connectivity index (χ4n) is 1.73. The van der Waals surface area contributed by atoms with Crippen molar-refractivity contribution in [3.05, 3.63) is 33.7 Å². The van der Waals surface area contributed by atoms with E-state index < -0.39 is 0 Å². The first-order valence-corrected chi connectivity index (χ1v) is 5.65. The normalized spacial score (nSPS) is 11.4. The van der Waals surface area contributed by atoms with Crippen molar-refractivity contribution in [2.24, 2.45) is 5.41 Å². The number of rotatable bonds is 2. The first-order chi connectivity index (χ1) is 7.70. The van der Waals surface area contributed by atoms with E-state index in [9.17, 15) is 9.59 Å². The van der Waals surface area contributed by atoms with Crippen LogP contribution in [-0.2, 0) is 0 Å². The summed E-state index contributed by atoms with van der Waals surface area (Å²) in [6.07, 6.45) is 1.49. The lowest BCUT2D eigenvalue weighted by molar-refractivity contribution is 0.0744. The van der Waals surface area contributed by atoms with Gasteiger partial charge in [0, 0.05) is 31.5 Å². The molecule has 0 bridgehead atoms. The minimum Gasteiger partial charge on any atom is -0.364 e. The number of H-pyrrole nitrogens is 1. The molecule has 1 aromatic rings. The number of hydrogen-bond donors (Lipinski definition) is 1. The predicted octanol–water partition coefficient (Wildman–Crippen LogP) is 1.80. The predicted molar refractivity (Wildman–Crippen MR) is 68.2 cm³/mol. The molecule has 0 aromatic carbocycles. The van der Waals surface area contributed by atoms with Crippen molar-refractivity contribution in [1.82, 2.24) is 9.88 Å². The van der Waals surface area contributed by atoms with Gasteiger partial charge in [-0.15, -0.1) is 0 Å². The van der Waals surface area contributed by atoms with Gasteiger partial charge in [0.15, 0.2) is 5.43 Å². The van der Waals surface area contributed by atoms with Crippen LogP contribution in [0.4, 0.5) is 0 Å². The second kappa shape index (κ2) is 4.73. The second-order valence-electron chi connectivity index (χ2n) is 5.62. The van der Waals surface area contributed by atoms with Gasteiger partial charge in [0.25, 0.3) is 5.91 Å². The lowest BCUT2D eigenvalue weighted by Gasteiger charge is -2.26. The molecule has 0 radical (unpaired) electrons. The monoisotopic (exact) mass is 236 g/mol. The van der Waals surface area contributed by atoms with E-state index in [1.54, 1.807) is 18.9 Å². The molecule has 0 atom stereocenters. The summed E-state index contributed by atoms with van der Waals surface area (Å²) >= 11 is 0. The molecule has 1 amide bonds. The maximum absolute atomic E-state index is 12.1. The second-order valence-corrected chi connectivity index (χ2v) is 5.62. The van der Waals surface area contributed by atoms with Crippen LogP contribution in [0.25, 0.3) is 0 Å². The molecule has 1 aromatic heterocycles. The van der Waals surface area contributed by atoms with E-state index in [0.29, 0.717) is 6.54 Å². The zero-order valence-corrected chi connectivity index (χ0v) is 11.1. The van der Waals surface area contributed by atoms with Crippen molar-refractivity contribution in [3.8, 4) is 0 Å². The number of aromatic nitrogens is 1. The van der Waals surface area contributed by atoms with E-state index in [-0.39, 0.29) is 22.3 Å². The fraction of sp³-hybridized carbons (Fsp3) is 0.538. The molecule has 0 saturated carbocycles. The average Bonchev–Trinajstić information content (AvgIpc) is 2.14. The maximum atomic E-state index is 12.1. The number of carbonyl (C=O) groups is 1. The first kappa shape index (κ1) is 13.5. The Hall–Kier alpha value is -1.58. The molecule has 1 heterocycles. The van der Waals surface area contributed by atoms with Crippen molar-refractivity contribution in [2.45, 2.75) is 27.7 Å². The van der Waals surface area contributed by atoms with Gasteiger partial charge in [-0.2, -0.15) is 0 Å². The summed E-state index contributed by atoms with van der Waals surface area (Å²) in [4.78, 5) is 28.2. The molecular weight excluding hydrogens is 216 g/mol. The maximum Gasteiger partial charge on any atom is 0.259 e. The van der Waals surface area contributed by atoms with Crippen LogP contribution in [0, 0.1) is 12.3 Å². The van der Waals surface area contributed by atoms with Crippen LogP contribution >= 0.6 is 0 Å². The summed E-state index contributed by atoms with van der Waals surface area (Å²) in [6.45, 7) is 8.55. The summed E-state index contributed by atoms with van der Waals surface area (Å²) in [7, 11) is 1.72. The van der Waals surface area contributed by atoms with Crippen LogP contribution in [0.1, 0.15) is 36.8 Å². The van der Waals surface area contributed by atoms with Gasteiger partial charge in [-0.3, -0.25) is 9.59 Å². The van der Waals surface area contributed by atoms with Gasteiger partial charge in [-0.05, 0) is 12.3 Å². The van der Waals surface area contributed by atoms with Crippen molar-refractivity contribution in [1.29, 1.82) is 0 Å². The highest BCUT2D eigenvalue weighted by molar-refractivity contribution is 5.93. The highest BCUT2D eigenvalue weighted by atomic mass is 16.2. The molecular formula is C13H20N2O2. The highest BCUT2D eigenvalue weighted by Gasteiger charge is 2.20. The van der Waals surface area contributed by atoms with Gasteiger partial charge < -0.3 is 9.88 Å². The summed E-state index contributed by atoms with van der Waals surface area (Å²) < 4.78 is 0. The molecule has 0 saturated heterocycles. The molecule has 0 spiro atoms. The number of aromatic amines is 1. The molecule has 17 heavy (non-hydrogen) atoms. The largest absolute Gasteiger partial charge is 0.364 e. The van der Waals surface area contributed by atoms with Gasteiger partial charge in [0.2, 0.25) is 0 Å². The number of hydrogen-bond acceptors (Lipinski definition) is 2. The molecule has 1 N–H and O–H groups in total. The van der Waals surface area contributed by atoms with E-state index in [1.807, 2.05) is 0 Å². The van der Waals surface area contributed by atoms with E-state index in [1.165, 1.54) is 12.3 Å². The smallest absolute Gasteiger partial charge is 0.259 e. The van der Waals surface area contributed by atoms with Gasteiger partial charge in [-0.25, -0.2) is 0 Å². The van der Waals surface area contributed by atoms with Gasteiger partial charge in [0.05, 0.1) is 0 Å². The molecule has 4 nitrogen and oxygen atoms in total. The van der Waals surface area contributed by atoms with Crippen LogP contribution in [0.5, 0.6) is 0 Å². The third kappa shape index (κ3) is 3.73. The van der Waals surface area contributed by atoms with Crippen LogP contribution in [0.3, 0.4) is 0 Å². The third-order valence-corrected chi connectivity index (χ3v) is 2.35. The van der Waals surface area contributed by atoms with Crippen molar-refractivity contribution >= 4 is 5.91 Å². The van der Waals surface area contributed by atoms with E-state index >= 15 is 0 Å². The topological polar surface area (TPSA) is 53.2 Å². The van der Waals surface area contributed by atoms with Crippen molar-refractivity contribution in [3.63, 3.8) is 0 Å². The lowest BCUT2D eigenvalue weighted by Crippen LogP contribution is -2.36. The Morgan fingerprint density at radius 1 is 1.41 bits per heavy atom. The number of amides is 1.